The quantitative estimate of drug-likeness (QED) is 0.705. The van der Waals surface area contributed by atoms with Gasteiger partial charge in [-0.1, -0.05) is 31.2 Å². The van der Waals surface area contributed by atoms with E-state index in [1.807, 2.05) is 12.1 Å². The molecule has 0 saturated heterocycles. The van der Waals surface area contributed by atoms with Crippen molar-refractivity contribution >= 4 is 23.1 Å². The van der Waals surface area contributed by atoms with Crippen LogP contribution in [0.15, 0.2) is 66.9 Å². The number of aromatic nitrogens is 1. The normalized spacial score (nSPS) is 10.3. The van der Waals surface area contributed by atoms with Gasteiger partial charge in [0.25, 0.3) is 5.91 Å². The van der Waals surface area contributed by atoms with Gasteiger partial charge in [-0.25, -0.2) is 9.37 Å². The Labute approximate surface area is 145 Å². The highest BCUT2D eigenvalue weighted by molar-refractivity contribution is 6.04. The summed E-state index contributed by atoms with van der Waals surface area (Å²) in [5.74, 6) is -0.398. The SMILES string of the molecule is CCc1ccc(Nc2ccc(NC(=O)c3ccccc3F)cn2)cc1. The number of amides is 1. The lowest BCUT2D eigenvalue weighted by Crippen LogP contribution is -2.13. The number of benzene rings is 2. The second-order valence-corrected chi connectivity index (χ2v) is 5.54. The topological polar surface area (TPSA) is 54.0 Å². The molecule has 0 spiro atoms. The Bertz CT molecular complexity index is 861. The molecule has 5 heteroatoms. The molecule has 0 aliphatic carbocycles. The molecule has 0 saturated carbocycles. The van der Waals surface area contributed by atoms with E-state index in [-0.39, 0.29) is 5.56 Å². The lowest BCUT2D eigenvalue weighted by atomic mass is 10.1. The zero-order chi connectivity index (χ0) is 17.6. The van der Waals surface area contributed by atoms with Gasteiger partial charge in [0.15, 0.2) is 0 Å². The predicted octanol–water partition coefficient (Wildman–Crippen LogP) is 4.78. The molecule has 0 unspecified atom stereocenters. The van der Waals surface area contributed by atoms with Crippen LogP contribution in [0.4, 0.5) is 21.6 Å². The Morgan fingerprint density at radius 2 is 1.72 bits per heavy atom. The van der Waals surface area contributed by atoms with Crippen LogP contribution in [0, 0.1) is 5.82 Å². The molecule has 0 radical (unpaired) electrons. The molecular weight excluding hydrogens is 317 g/mol. The molecule has 0 bridgehead atoms. The van der Waals surface area contributed by atoms with Gasteiger partial charge < -0.3 is 10.6 Å². The Morgan fingerprint density at radius 3 is 2.36 bits per heavy atom. The van der Waals surface area contributed by atoms with E-state index in [0.717, 1.165) is 12.1 Å². The highest BCUT2D eigenvalue weighted by Crippen LogP contribution is 2.18. The van der Waals surface area contributed by atoms with Crippen LogP contribution in [-0.4, -0.2) is 10.9 Å². The number of hydrogen-bond donors (Lipinski definition) is 2. The van der Waals surface area contributed by atoms with Gasteiger partial charge in [0.05, 0.1) is 17.4 Å². The molecule has 2 aromatic carbocycles. The zero-order valence-electron chi connectivity index (χ0n) is 13.8. The second kappa shape index (κ2) is 7.57. The molecule has 0 fully saturated rings. The molecule has 2 N–H and O–H groups in total. The summed E-state index contributed by atoms with van der Waals surface area (Å²) < 4.78 is 13.6. The van der Waals surface area contributed by atoms with Crippen molar-refractivity contribution in [2.24, 2.45) is 0 Å². The van der Waals surface area contributed by atoms with Gasteiger partial charge in [0.1, 0.15) is 11.6 Å². The van der Waals surface area contributed by atoms with Gasteiger partial charge in [0.2, 0.25) is 0 Å². The summed E-state index contributed by atoms with van der Waals surface area (Å²) in [6.07, 6.45) is 2.52. The first kappa shape index (κ1) is 16.6. The van der Waals surface area contributed by atoms with Crippen LogP contribution in [0.3, 0.4) is 0 Å². The number of hydrogen-bond acceptors (Lipinski definition) is 3. The van der Waals surface area contributed by atoms with Gasteiger partial charge in [-0.05, 0) is 48.4 Å². The molecule has 126 valence electrons. The first-order chi connectivity index (χ1) is 12.2. The van der Waals surface area contributed by atoms with Crippen LogP contribution < -0.4 is 10.6 Å². The summed E-state index contributed by atoms with van der Waals surface area (Å²) >= 11 is 0. The Kier molecular flexibility index (Phi) is 5.04. The summed E-state index contributed by atoms with van der Waals surface area (Å²) in [7, 11) is 0. The third kappa shape index (κ3) is 4.20. The van der Waals surface area contributed by atoms with Crippen LogP contribution in [0.2, 0.25) is 0 Å². The molecule has 4 nitrogen and oxygen atoms in total. The molecule has 0 atom stereocenters. The van der Waals surface area contributed by atoms with Crippen LogP contribution >= 0.6 is 0 Å². The number of rotatable bonds is 5. The van der Waals surface area contributed by atoms with Crippen LogP contribution in [0.1, 0.15) is 22.8 Å². The van der Waals surface area contributed by atoms with E-state index in [0.29, 0.717) is 11.5 Å². The van der Waals surface area contributed by atoms with Crippen LogP contribution in [-0.2, 0) is 6.42 Å². The molecule has 0 aliphatic rings. The number of halogens is 1. The van der Waals surface area contributed by atoms with E-state index in [4.69, 9.17) is 0 Å². The minimum atomic E-state index is -0.554. The number of carbonyl (C=O) groups is 1. The minimum absolute atomic E-state index is 0.000662. The largest absolute Gasteiger partial charge is 0.340 e. The lowest BCUT2D eigenvalue weighted by molar-refractivity contribution is 0.102. The van der Waals surface area contributed by atoms with E-state index in [2.05, 4.69) is 34.7 Å². The third-order valence-electron chi connectivity index (χ3n) is 3.77. The zero-order valence-corrected chi connectivity index (χ0v) is 13.8. The number of anilines is 3. The second-order valence-electron chi connectivity index (χ2n) is 5.54. The van der Waals surface area contributed by atoms with Gasteiger partial charge in [-0.15, -0.1) is 0 Å². The lowest BCUT2D eigenvalue weighted by Gasteiger charge is -2.09. The van der Waals surface area contributed by atoms with Crippen molar-refractivity contribution in [3.05, 3.63) is 83.8 Å². The molecule has 3 rings (SSSR count). The van der Waals surface area contributed by atoms with E-state index < -0.39 is 11.7 Å². The Morgan fingerprint density at radius 1 is 1.00 bits per heavy atom. The summed E-state index contributed by atoms with van der Waals surface area (Å²) in [4.78, 5) is 16.3. The first-order valence-corrected chi connectivity index (χ1v) is 8.03. The number of carbonyl (C=O) groups excluding carboxylic acids is 1. The highest BCUT2D eigenvalue weighted by Gasteiger charge is 2.11. The maximum atomic E-state index is 13.6. The van der Waals surface area contributed by atoms with Crippen molar-refractivity contribution in [2.75, 3.05) is 10.6 Å². The van der Waals surface area contributed by atoms with Crippen molar-refractivity contribution in [2.45, 2.75) is 13.3 Å². The maximum Gasteiger partial charge on any atom is 0.258 e. The smallest absolute Gasteiger partial charge is 0.258 e. The summed E-state index contributed by atoms with van der Waals surface area (Å²) in [5, 5.41) is 5.83. The fourth-order valence-corrected chi connectivity index (χ4v) is 2.36. The van der Waals surface area contributed by atoms with Gasteiger partial charge in [0, 0.05) is 5.69 Å². The van der Waals surface area contributed by atoms with Crippen molar-refractivity contribution in [3.63, 3.8) is 0 Å². The molecule has 3 aromatic rings. The fraction of sp³-hybridized carbons (Fsp3) is 0.100. The number of nitrogens with one attached hydrogen (secondary N) is 2. The molecular formula is C20H18FN3O. The number of nitrogens with zero attached hydrogens (tertiary/aromatic N) is 1. The number of aryl methyl sites for hydroxylation is 1. The first-order valence-electron chi connectivity index (χ1n) is 8.03. The summed E-state index contributed by atoms with van der Waals surface area (Å²) in [6.45, 7) is 2.11. The average Bonchev–Trinajstić information content (AvgIpc) is 2.64. The van der Waals surface area contributed by atoms with Crippen molar-refractivity contribution in [1.82, 2.24) is 4.98 Å². The van der Waals surface area contributed by atoms with Crippen LogP contribution in [0.5, 0.6) is 0 Å². The maximum absolute atomic E-state index is 13.6. The van der Waals surface area contributed by atoms with Crippen molar-refractivity contribution in [3.8, 4) is 0 Å². The molecule has 1 amide bonds. The monoisotopic (exact) mass is 335 g/mol. The number of pyridine rings is 1. The highest BCUT2D eigenvalue weighted by atomic mass is 19.1. The Balaban J connectivity index is 1.65. The summed E-state index contributed by atoms with van der Waals surface area (Å²) in [5.41, 5.74) is 2.71. The molecule has 0 aliphatic heterocycles. The van der Waals surface area contributed by atoms with Gasteiger partial charge in [-0.2, -0.15) is 0 Å². The van der Waals surface area contributed by atoms with Crippen molar-refractivity contribution in [1.29, 1.82) is 0 Å². The Hall–Kier alpha value is -3.21. The average molecular weight is 335 g/mol. The third-order valence-corrected chi connectivity index (χ3v) is 3.77. The van der Waals surface area contributed by atoms with Crippen LogP contribution in [0.25, 0.3) is 0 Å². The molecule has 25 heavy (non-hydrogen) atoms. The van der Waals surface area contributed by atoms with E-state index in [1.54, 1.807) is 24.3 Å². The molecule has 1 heterocycles. The van der Waals surface area contributed by atoms with Gasteiger partial charge in [-0.3, -0.25) is 4.79 Å². The molecule has 1 aromatic heterocycles. The van der Waals surface area contributed by atoms with Gasteiger partial charge >= 0.3 is 0 Å². The van der Waals surface area contributed by atoms with E-state index in [1.165, 1.54) is 23.9 Å². The van der Waals surface area contributed by atoms with Crippen molar-refractivity contribution < 1.29 is 9.18 Å². The summed E-state index contributed by atoms with van der Waals surface area (Å²) in [6, 6.07) is 17.4. The fourth-order valence-electron chi connectivity index (χ4n) is 2.36. The minimum Gasteiger partial charge on any atom is -0.340 e. The predicted molar refractivity (Wildman–Crippen MR) is 97.7 cm³/mol. The standard InChI is InChI=1S/C20H18FN3O/c1-2-14-7-9-15(10-8-14)23-19-12-11-16(13-22-19)24-20(25)17-5-3-4-6-18(17)21/h3-13H,2H2,1H3,(H,22,23)(H,24,25). The van der Waals surface area contributed by atoms with E-state index >= 15 is 0 Å². The van der Waals surface area contributed by atoms with E-state index in [9.17, 15) is 9.18 Å².